The quantitative estimate of drug-likeness (QED) is 0.253. The van der Waals surface area contributed by atoms with Crippen LogP contribution in [0.15, 0.2) is 84.9 Å². The average Bonchev–Trinajstić information content (AvgIpc) is 2.88. The minimum atomic E-state index is -2.09. The summed E-state index contributed by atoms with van der Waals surface area (Å²) in [6.07, 6.45) is -3.05. The molecule has 0 aromatic heterocycles. The molecule has 0 radical (unpaired) electrons. The minimum absolute atomic E-state index is 0.0662. The van der Waals surface area contributed by atoms with Crippen molar-refractivity contribution < 1.29 is 27.5 Å². The standard InChI is InChI=1S/C30H27F4NO2/c1-30(2,34)28(33)20-7-5-6-18(16-20)17-26(27(36)19-10-12-21(31)13-11-19)35-29(37)24-14-15-25(32)23-9-4-3-8-22(23)24/h3-16,26-28,36H,17H2,1-2H3,(H,35,37). The lowest BCUT2D eigenvalue weighted by Crippen LogP contribution is -2.41. The predicted molar refractivity (Wildman–Crippen MR) is 136 cm³/mol. The highest BCUT2D eigenvalue weighted by atomic mass is 19.2. The van der Waals surface area contributed by atoms with Crippen molar-refractivity contribution in [3.63, 3.8) is 0 Å². The summed E-state index contributed by atoms with van der Waals surface area (Å²) in [7, 11) is 0. The molecule has 0 saturated carbocycles. The van der Waals surface area contributed by atoms with E-state index in [1.54, 1.807) is 36.4 Å². The van der Waals surface area contributed by atoms with Crippen LogP contribution in [0.2, 0.25) is 0 Å². The number of carbonyl (C=O) groups excluding carboxylic acids is 1. The van der Waals surface area contributed by atoms with Crippen molar-refractivity contribution in [2.75, 3.05) is 0 Å². The number of hydrogen-bond donors (Lipinski definition) is 2. The van der Waals surface area contributed by atoms with Gasteiger partial charge in [-0.15, -0.1) is 0 Å². The molecule has 3 nitrogen and oxygen atoms in total. The zero-order valence-electron chi connectivity index (χ0n) is 20.4. The van der Waals surface area contributed by atoms with Crippen LogP contribution in [0.4, 0.5) is 17.6 Å². The largest absolute Gasteiger partial charge is 0.386 e. The smallest absolute Gasteiger partial charge is 0.252 e. The molecule has 1 amide bonds. The van der Waals surface area contributed by atoms with Gasteiger partial charge in [0.05, 0.1) is 12.1 Å². The van der Waals surface area contributed by atoms with Crippen LogP contribution in [0.1, 0.15) is 53.2 Å². The zero-order valence-corrected chi connectivity index (χ0v) is 20.4. The molecule has 0 heterocycles. The van der Waals surface area contributed by atoms with Crippen LogP contribution in [-0.4, -0.2) is 22.7 Å². The maximum absolute atomic E-state index is 14.7. The van der Waals surface area contributed by atoms with Gasteiger partial charge in [-0.2, -0.15) is 0 Å². The van der Waals surface area contributed by atoms with E-state index < -0.39 is 41.5 Å². The first-order chi connectivity index (χ1) is 17.5. The fourth-order valence-electron chi connectivity index (χ4n) is 4.37. The molecule has 0 spiro atoms. The Morgan fingerprint density at radius 2 is 1.57 bits per heavy atom. The second-order valence-corrected chi connectivity index (χ2v) is 9.59. The number of halogens is 4. The summed E-state index contributed by atoms with van der Waals surface area (Å²) in [5, 5.41) is 14.7. The van der Waals surface area contributed by atoms with Gasteiger partial charge in [-0.3, -0.25) is 4.79 Å². The van der Waals surface area contributed by atoms with Crippen LogP contribution in [0.25, 0.3) is 10.8 Å². The van der Waals surface area contributed by atoms with Crippen LogP contribution in [0.3, 0.4) is 0 Å². The Bertz CT molecular complexity index is 1400. The van der Waals surface area contributed by atoms with Gasteiger partial charge in [-0.1, -0.05) is 60.7 Å². The van der Waals surface area contributed by atoms with Crippen molar-refractivity contribution >= 4 is 16.7 Å². The number of hydrogen-bond acceptors (Lipinski definition) is 2. The summed E-state index contributed by atoms with van der Waals surface area (Å²) < 4.78 is 56.7. The fraction of sp³-hybridized carbons (Fsp3) is 0.233. The third-order valence-corrected chi connectivity index (χ3v) is 6.33. The third kappa shape index (κ3) is 6.00. The molecule has 4 aromatic carbocycles. The third-order valence-electron chi connectivity index (χ3n) is 6.33. The van der Waals surface area contributed by atoms with E-state index in [1.807, 2.05) is 0 Å². The molecule has 37 heavy (non-hydrogen) atoms. The summed E-state index contributed by atoms with van der Waals surface area (Å²) >= 11 is 0. The first-order valence-corrected chi connectivity index (χ1v) is 11.9. The van der Waals surface area contributed by atoms with Crippen LogP contribution in [0, 0.1) is 11.6 Å². The Kier molecular flexibility index (Phi) is 7.64. The molecular formula is C30H27F4NO2. The second kappa shape index (κ2) is 10.7. The molecule has 4 rings (SSSR count). The highest BCUT2D eigenvalue weighted by Gasteiger charge is 2.31. The summed E-state index contributed by atoms with van der Waals surface area (Å²) in [5.41, 5.74) is -0.829. The van der Waals surface area contributed by atoms with E-state index in [0.717, 1.165) is 13.8 Å². The van der Waals surface area contributed by atoms with E-state index in [-0.39, 0.29) is 22.9 Å². The molecule has 0 saturated heterocycles. The summed E-state index contributed by atoms with van der Waals surface area (Å²) in [6.45, 7) is 2.30. The molecule has 0 aliphatic rings. The molecule has 0 aliphatic heterocycles. The first kappa shape index (κ1) is 26.4. The lowest BCUT2D eigenvalue weighted by molar-refractivity contribution is 0.0831. The van der Waals surface area contributed by atoms with Gasteiger partial charge in [0.2, 0.25) is 0 Å². The van der Waals surface area contributed by atoms with Gasteiger partial charge in [0.1, 0.15) is 17.3 Å². The van der Waals surface area contributed by atoms with Crippen LogP contribution in [-0.2, 0) is 6.42 Å². The molecule has 3 atom stereocenters. The molecule has 0 fully saturated rings. The highest BCUT2D eigenvalue weighted by Crippen LogP contribution is 2.33. The number of rotatable bonds is 8. The molecule has 0 aliphatic carbocycles. The van der Waals surface area contributed by atoms with Gasteiger partial charge in [-0.25, -0.2) is 17.6 Å². The van der Waals surface area contributed by atoms with Crippen molar-refractivity contribution in [3.8, 4) is 0 Å². The maximum atomic E-state index is 14.7. The summed E-state index contributed by atoms with van der Waals surface area (Å²) in [5.74, 6) is -1.50. The molecule has 7 heteroatoms. The fourth-order valence-corrected chi connectivity index (χ4v) is 4.37. The van der Waals surface area contributed by atoms with Crippen molar-refractivity contribution in [2.24, 2.45) is 0 Å². The molecule has 2 N–H and O–H groups in total. The van der Waals surface area contributed by atoms with Gasteiger partial charge in [0.15, 0.2) is 6.17 Å². The highest BCUT2D eigenvalue weighted by molar-refractivity contribution is 6.07. The first-order valence-electron chi connectivity index (χ1n) is 11.9. The lowest BCUT2D eigenvalue weighted by atomic mass is 9.92. The van der Waals surface area contributed by atoms with E-state index in [9.17, 15) is 27.5 Å². The van der Waals surface area contributed by atoms with Gasteiger partial charge >= 0.3 is 0 Å². The van der Waals surface area contributed by atoms with E-state index in [1.165, 1.54) is 48.5 Å². The Morgan fingerprint density at radius 3 is 2.24 bits per heavy atom. The maximum Gasteiger partial charge on any atom is 0.252 e. The van der Waals surface area contributed by atoms with E-state index in [2.05, 4.69) is 5.32 Å². The molecular weight excluding hydrogens is 482 g/mol. The SMILES string of the molecule is CC(C)(F)C(F)c1cccc(CC(NC(=O)c2ccc(F)c3ccccc23)C(O)c2ccc(F)cc2)c1. The van der Waals surface area contributed by atoms with Crippen LogP contribution >= 0.6 is 0 Å². The van der Waals surface area contributed by atoms with Gasteiger partial charge < -0.3 is 10.4 Å². The monoisotopic (exact) mass is 509 g/mol. The predicted octanol–water partition coefficient (Wildman–Crippen LogP) is 6.95. The van der Waals surface area contributed by atoms with Crippen molar-refractivity contribution in [1.29, 1.82) is 0 Å². The Balaban J connectivity index is 1.68. The van der Waals surface area contributed by atoms with E-state index in [4.69, 9.17) is 0 Å². The number of fused-ring (bicyclic) bond motifs is 1. The molecule has 0 bridgehead atoms. The lowest BCUT2D eigenvalue weighted by Gasteiger charge is -2.26. The Hall–Kier alpha value is -3.71. The molecule has 3 unspecified atom stereocenters. The summed E-state index contributed by atoms with van der Waals surface area (Å²) in [4.78, 5) is 13.4. The number of nitrogens with one attached hydrogen (secondary N) is 1. The normalized spacial score (nSPS) is 14.2. The van der Waals surface area contributed by atoms with Crippen LogP contribution < -0.4 is 5.32 Å². The number of aliphatic hydroxyl groups is 1. The number of carbonyl (C=O) groups is 1. The number of aliphatic hydroxyl groups excluding tert-OH is 1. The minimum Gasteiger partial charge on any atom is -0.386 e. The zero-order chi connectivity index (χ0) is 26.7. The van der Waals surface area contributed by atoms with Crippen LogP contribution in [0.5, 0.6) is 0 Å². The number of amides is 1. The molecule has 4 aromatic rings. The number of alkyl halides is 2. The van der Waals surface area contributed by atoms with Crippen molar-refractivity contribution in [1.82, 2.24) is 5.32 Å². The Morgan fingerprint density at radius 1 is 0.892 bits per heavy atom. The van der Waals surface area contributed by atoms with Crippen molar-refractivity contribution in [3.05, 3.63) is 119 Å². The van der Waals surface area contributed by atoms with Gasteiger partial charge in [-0.05, 0) is 66.6 Å². The average molecular weight is 510 g/mol. The van der Waals surface area contributed by atoms with Gasteiger partial charge in [0.25, 0.3) is 5.91 Å². The van der Waals surface area contributed by atoms with E-state index >= 15 is 0 Å². The number of benzene rings is 4. The van der Waals surface area contributed by atoms with E-state index in [0.29, 0.717) is 16.5 Å². The van der Waals surface area contributed by atoms with Crippen molar-refractivity contribution in [2.45, 2.75) is 44.3 Å². The topological polar surface area (TPSA) is 49.3 Å². The molecule has 192 valence electrons. The summed E-state index contributed by atoms with van der Waals surface area (Å²) in [6, 6.07) is 19.6. The second-order valence-electron chi connectivity index (χ2n) is 9.59. The Labute approximate surface area is 212 Å². The van der Waals surface area contributed by atoms with Gasteiger partial charge in [0, 0.05) is 10.9 Å².